The minimum Gasteiger partial charge on any atom is -0.478 e. The lowest BCUT2D eigenvalue weighted by atomic mass is 10.1. The number of alkyl halides is 3. The van der Waals surface area contributed by atoms with Crippen LogP contribution in [-0.4, -0.2) is 28.5 Å². The Morgan fingerprint density at radius 2 is 2.00 bits per heavy atom. The number of aliphatic hydroxyl groups is 1. The van der Waals surface area contributed by atoms with Crippen LogP contribution < -0.4 is 0 Å². The van der Waals surface area contributed by atoms with Crippen molar-refractivity contribution < 1.29 is 28.2 Å². The van der Waals surface area contributed by atoms with E-state index in [1.165, 1.54) is 0 Å². The maximum absolute atomic E-state index is 12.4. The van der Waals surface area contributed by atoms with Crippen LogP contribution in [0.1, 0.15) is 15.9 Å². The fourth-order valence-electron chi connectivity index (χ4n) is 1.15. The van der Waals surface area contributed by atoms with Gasteiger partial charge in [0.05, 0.1) is 17.7 Å². The summed E-state index contributed by atoms with van der Waals surface area (Å²) in [5, 5.41) is 17.4. The third-order valence-corrected chi connectivity index (χ3v) is 2.94. The van der Waals surface area contributed by atoms with Crippen LogP contribution in [0.25, 0.3) is 0 Å². The quantitative estimate of drug-likeness (QED) is 0.822. The third-order valence-electron chi connectivity index (χ3n) is 1.89. The number of rotatable bonds is 4. The maximum Gasteiger partial charge on any atom is 0.416 e. The number of carboxylic acid groups (broad SMARTS) is 1. The Morgan fingerprint density at radius 1 is 1.35 bits per heavy atom. The highest BCUT2D eigenvalue weighted by atomic mass is 32.2. The Labute approximate surface area is 99.3 Å². The number of hydrogen-bond acceptors (Lipinski definition) is 3. The summed E-state index contributed by atoms with van der Waals surface area (Å²) >= 11 is 0.997. The zero-order valence-corrected chi connectivity index (χ0v) is 9.31. The standard InChI is InChI=1S/C10H9F3O3S/c11-10(12,13)6-1-2-8(17-4-3-14)7(5-6)9(15)16/h1-2,5,14H,3-4H2,(H,15,16). The van der Waals surface area contributed by atoms with Gasteiger partial charge in [-0.05, 0) is 18.2 Å². The first-order chi connectivity index (χ1) is 7.86. The molecule has 0 unspecified atom stereocenters. The number of thioether (sulfide) groups is 1. The number of carbonyl (C=O) groups is 1. The molecular weight excluding hydrogens is 257 g/mol. The topological polar surface area (TPSA) is 57.5 Å². The fourth-order valence-corrected chi connectivity index (χ4v) is 1.93. The molecule has 3 nitrogen and oxygen atoms in total. The first-order valence-corrected chi connectivity index (χ1v) is 5.53. The lowest BCUT2D eigenvalue weighted by molar-refractivity contribution is -0.137. The van der Waals surface area contributed by atoms with Crippen molar-refractivity contribution in [2.75, 3.05) is 12.4 Å². The summed E-state index contributed by atoms with van der Waals surface area (Å²) in [7, 11) is 0. The Balaban J connectivity index is 3.13. The molecule has 0 aliphatic heterocycles. The Bertz CT molecular complexity index is 418. The SMILES string of the molecule is O=C(O)c1cc(C(F)(F)F)ccc1SCCO. The zero-order valence-electron chi connectivity index (χ0n) is 8.49. The molecule has 1 aromatic carbocycles. The Morgan fingerprint density at radius 3 is 2.47 bits per heavy atom. The average molecular weight is 266 g/mol. The molecule has 0 atom stereocenters. The molecule has 94 valence electrons. The van der Waals surface area contributed by atoms with E-state index < -0.39 is 23.3 Å². The Hall–Kier alpha value is -1.21. The normalized spacial score (nSPS) is 11.5. The summed E-state index contributed by atoms with van der Waals surface area (Å²) in [6, 6.07) is 2.53. The van der Waals surface area contributed by atoms with Crippen LogP contribution in [0, 0.1) is 0 Å². The van der Waals surface area contributed by atoms with Crippen LogP contribution in [0.5, 0.6) is 0 Å². The van der Waals surface area contributed by atoms with Crippen molar-refractivity contribution in [3.63, 3.8) is 0 Å². The van der Waals surface area contributed by atoms with Gasteiger partial charge in [0.15, 0.2) is 0 Å². The van der Waals surface area contributed by atoms with Gasteiger partial charge in [-0.3, -0.25) is 0 Å². The van der Waals surface area contributed by atoms with Gasteiger partial charge < -0.3 is 10.2 Å². The fraction of sp³-hybridized carbons (Fsp3) is 0.300. The van der Waals surface area contributed by atoms with Gasteiger partial charge in [-0.25, -0.2) is 4.79 Å². The number of hydrogen-bond donors (Lipinski definition) is 2. The van der Waals surface area contributed by atoms with Gasteiger partial charge >= 0.3 is 12.1 Å². The molecule has 1 aromatic rings. The van der Waals surface area contributed by atoms with Gasteiger partial charge in [0.1, 0.15) is 0 Å². The van der Waals surface area contributed by atoms with Crippen molar-refractivity contribution >= 4 is 17.7 Å². The van der Waals surface area contributed by atoms with Crippen LogP contribution in [0.4, 0.5) is 13.2 Å². The second-order valence-electron chi connectivity index (χ2n) is 3.09. The first kappa shape index (κ1) is 13.9. The highest BCUT2D eigenvalue weighted by molar-refractivity contribution is 7.99. The first-order valence-electron chi connectivity index (χ1n) is 4.54. The molecule has 0 radical (unpaired) electrons. The van der Waals surface area contributed by atoms with E-state index in [2.05, 4.69) is 0 Å². The average Bonchev–Trinajstić information content (AvgIpc) is 2.24. The smallest absolute Gasteiger partial charge is 0.416 e. The molecule has 0 aromatic heterocycles. The molecule has 0 bridgehead atoms. The van der Waals surface area contributed by atoms with Crippen molar-refractivity contribution in [3.05, 3.63) is 29.3 Å². The number of benzene rings is 1. The van der Waals surface area contributed by atoms with Crippen LogP contribution in [-0.2, 0) is 6.18 Å². The lowest BCUT2D eigenvalue weighted by Crippen LogP contribution is -2.08. The van der Waals surface area contributed by atoms with E-state index in [0.29, 0.717) is 6.07 Å². The molecule has 0 saturated carbocycles. The molecule has 17 heavy (non-hydrogen) atoms. The summed E-state index contributed by atoms with van der Waals surface area (Å²) in [5.41, 5.74) is -1.40. The van der Waals surface area contributed by atoms with Crippen molar-refractivity contribution in [2.24, 2.45) is 0 Å². The molecule has 0 aliphatic carbocycles. The Kier molecular flexibility index (Phi) is 4.41. The van der Waals surface area contributed by atoms with E-state index in [1.807, 2.05) is 0 Å². The van der Waals surface area contributed by atoms with E-state index in [9.17, 15) is 18.0 Å². The van der Waals surface area contributed by atoms with Gasteiger partial charge in [-0.15, -0.1) is 11.8 Å². The van der Waals surface area contributed by atoms with Crippen molar-refractivity contribution in [2.45, 2.75) is 11.1 Å². The van der Waals surface area contributed by atoms with Crippen LogP contribution in [0.15, 0.2) is 23.1 Å². The van der Waals surface area contributed by atoms with E-state index in [4.69, 9.17) is 10.2 Å². The van der Waals surface area contributed by atoms with E-state index in [1.54, 1.807) is 0 Å². The van der Waals surface area contributed by atoms with Crippen molar-refractivity contribution in [3.8, 4) is 0 Å². The second-order valence-corrected chi connectivity index (χ2v) is 4.22. The van der Waals surface area contributed by atoms with Gasteiger partial charge in [0.25, 0.3) is 0 Å². The predicted octanol–water partition coefficient (Wildman–Crippen LogP) is 2.49. The monoisotopic (exact) mass is 266 g/mol. The summed E-state index contributed by atoms with van der Waals surface area (Å²) in [5.74, 6) is -1.19. The summed E-state index contributed by atoms with van der Waals surface area (Å²) in [6.07, 6.45) is -4.57. The molecule has 7 heteroatoms. The van der Waals surface area contributed by atoms with Crippen LogP contribution in [0.3, 0.4) is 0 Å². The van der Waals surface area contributed by atoms with E-state index >= 15 is 0 Å². The number of halogens is 3. The summed E-state index contributed by atoms with van der Waals surface area (Å²) in [6.45, 7) is -0.176. The van der Waals surface area contributed by atoms with Crippen LogP contribution >= 0.6 is 11.8 Å². The van der Waals surface area contributed by atoms with Crippen molar-refractivity contribution in [1.29, 1.82) is 0 Å². The summed E-state index contributed by atoms with van der Waals surface area (Å²) in [4.78, 5) is 11.0. The minimum atomic E-state index is -4.57. The molecule has 1 rings (SSSR count). The van der Waals surface area contributed by atoms with Crippen molar-refractivity contribution in [1.82, 2.24) is 0 Å². The minimum absolute atomic E-state index is 0.176. The maximum atomic E-state index is 12.4. The van der Waals surface area contributed by atoms with Gasteiger partial charge in [-0.2, -0.15) is 13.2 Å². The van der Waals surface area contributed by atoms with Crippen LogP contribution in [0.2, 0.25) is 0 Å². The molecule has 0 spiro atoms. The molecule has 0 aliphatic rings. The second kappa shape index (κ2) is 5.42. The zero-order chi connectivity index (χ0) is 13.1. The summed E-state index contributed by atoms with van der Waals surface area (Å²) < 4.78 is 37.1. The number of aliphatic hydroxyl groups excluding tert-OH is 1. The number of aromatic carboxylic acids is 1. The largest absolute Gasteiger partial charge is 0.478 e. The highest BCUT2D eigenvalue weighted by Gasteiger charge is 2.31. The van der Waals surface area contributed by atoms with Gasteiger partial charge in [-0.1, -0.05) is 0 Å². The molecular formula is C10H9F3O3S. The number of carboxylic acids is 1. The third kappa shape index (κ3) is 3.64. The van der Waals surface area contributed by atoms with Gasteiger partial charge in [0.2, 0.25) is 0 Å². The molecule has 0 heterocycles. The highest BCUT2D eigenvalue weighted by Crippen LogP contribution is 2.33. The molecule has 2 N–H and O–H groups in total. The lowest BCUT2D eigenvalue weighted by Gasteiger charge is -2.10. The van der Waals surface area contributed by atoms with Gasteiger partial charge in [0, 0.05) is 10.6 Å². The molecule has 0 amide bonds. The molecule has 0 saturated heterocycles. The van der Waals surface area contributed by atoms with E-state index in [0.717, 1.165) is 23.9 Å². The predicted molar refractivity (Wildman–Crippen MR) is 56.2 cm³/mol. The van der Waals surface area contributed by atoms with E-state index in [-0.39, 0.29) is 17.3 Å². The molecule has 0 fully saturated rings.